The van der Waals surface area contributed by atoms with Gasteiger partial charge in [0.25, 0.3) is 11.8 Å². The SMILES string of the molecule is CC(C)[C@H](N)C(=O)OCO[C@@H]1Cc2ccccc2[C@@H]1NC(=O)[C@H](OCc1ccccc1F)[C@H](O)[C@@H](O)[C@@H](OCc1ccccc1F)C(=O)N[C@H]1c2ccccc2C[C@H]1OCOC(=O)[C@@H](N)C(C)C. The fourth-order valence-corrected chi connectivity index (χ4v) is 7.94. The fourth-order valence-electron chi connectivity index (χ4n) is 7.94. The van der Waals surface area contributed by atoms with Crippen molar-refractivity contribution in [2.24, 2.45) is 23.3 Å². The van der Waals surface area contributed by atoms with E-state index in [9.17, 15) is 38.2 Å². The average Bonchev–Trinajstić information content (AvgIpc) is 3.85. The Kier molecular flexibility index (Phi) is 18.3. The van der Waals surface area contributed by atoms with Gasteiger partial charge in [0.1, 0.15) is 35.9 Å². The standard InChI is InChI=1S/C50H60F2N4O12/c1-27(2)39(53)49(61)67-25-65-37-21-29-13-5-9-17-33(29)41(37)55-47(59)45(63-23-31-15-7-11-19-35(31)51)43(57)44(58)46(64-24-32-16-8-12-20-36(32)52)48(60)56-42-34-18-10-6-14-30(34)22-38(42)66-26-68-50(62)40(54)28(3)4/h5-20,27-28,37-46,57-58H,21-26,53-54H2,1-4H3,(H,55,59)(H,56,60)/t37-,38-,39+,40+,41+,42+,43-,44-,45-,46-/m1/s1. The van der Waals surface area contributed by atoms with Crippen LogP contribution in [0.4, 0.5) is 8.78 Å². The minimum Gasteiger partial charge on any atom is -0.437 e. The molecule has 2 aliphatic rings. The predicted octanol–water partition coefficient (Wildman–Crippen LogP) is 3.72. The van der Waals surface area contributed by atoms with Crippen LogP contribution in [0.2, 0.25) is 0 Å². The van der Waals surface area contributed by atoms with Crippen molar-refractivity contribution in [1.82, 2.24) is 10.6 Å². The molecule has 68 heavy (non-hydrogen) atoms. The number of ether oxygens (including phenoxy) is 6. The molecule has 0 spiro atoms. The number of hydrogen-bond acceptors (Lipinski definition) is 14. The van der Waals surface area contributed by atoms with Crippen LogP contribution in [0.25, 0.3) is 0 Å². The number of carbonyl (C=O) groups excluding carboxylic acids is 4. The normalized spacial score (nSPS) is 20.1. The molecule has 8 N–H and O–H groups in total. The molecule has 4 aromatic rings. The van der Waals surface area contributed by atoms with E-state index in [0.717, 1.165) is 11.1 Å². The Bertz CT molecular complexity index is 2190. The van der Waals surface area contributed by atoms with Gasteiger partial charge < -0.3 is 60.7 Å². The fraction of sp³-hybridized carbons (Fsp3) is 0.440. The molecule has 6 rings (SSSR count). The molecule has 0 fully saturated rings. The van der Waals surface area contributed by atoms with Crippen molar-refractivity contribution in [2.45, 2.75) is 115 Å². The number of benzene rings is 4. The van der Waals surface area contributed by atoms with E-state index in [4.69, 9.17) is 39.9 Å². The van der Waals surface area contributed by atoms with E-state index >= 15 is 0 Å². The van der Waals surface area contributed by atoms with Crippen LogP contribution in [-0.4, -0.2) is 96.3 Å². The van der Waals surface area contributed by atoms with Gasteiger partial charge in [-0.3, -0.25) is 19.2 Å². The second-order valence-corrected chi connectivity index (χ2v) is 17.5. The summed E-state index contributed by atoms with van der Waals surface area (Å²) in [5, 5.41) is 29.8. The molecule has 0 heterocycles. The summed E-state index contributed by atoms with van der Waals surface area (Å²) in [5.41, 5.74) is 14.8. The van der Waals surface area contributed by atoms with E-state index in [1.807, 2.05) is 12.1 Å². The van der Waals surface area contributed by atoms with Gasteiger partial charge in [-0.2, -0.15) is 0 Å². The quantitative estimate of drug-likeness (QED) is 0.0459. The molecular weight excluding hydrogens is 887 g/mol. The van der Waals surface area contributed by atoms with Crippen LogP contribution in [0.15, 0.2) is 97.1 Å². The third-order valence-electron chi connectivity index (χ3n) is 12.1. The lowest BCUT2D eigenvalue weighted by Crippen LogP contribution is -2.57. The number of fused-ring (bicyclic) bond motifs is 2. The van der Waals surface area contributed by atoms with Gasteiger partial charge in [0.2, 0.25) is 0 Å². The second-order valence-electron chi connectivity index (χ2n) is 17.5. The zero-order valence-electron chi connectivity index (χ0n) is 38.3. The van der Waals surface area contributed by atoms with Gasteiger partial charge in [-0.1, -0.05) is 113 Å². The number of aliphatic hydroxyl groups is 2. The second kappa shape index (κ2) is 24.0. The first-order chi connectivity index (χ1) is 32.5. The lowest BCUT2D eigenvalue weighted by molar-refractivity contribution is -0.174. The Morgan fingerprint density at radius 3 is 1.31 bits per heavy atom. The molecule has 10 atom stereocenters. The lowest BCUT2D eigenvalue weighted by atomic mass is 9.99. The highest BCUT2D eigenvalue weighted by atomic mass is 19.1. The van der Waals surface area contributed by atoms with Crippen LogP contribution < -0.4 is 22.1 Å². The highest BCUT2D eigenvalue weighted by Crippen LogP contribution is 2.35. The summed E-state index contributed by atoms with van der Waals surface area (Å²) in [5.74, 6) is -5.12. The number of nitrogens with one attached hydrogen (secondary N) is 2. The molecule has 18 heteroatoms. The van der Waals surface area contributed by atoms with Crippen molar-refractivity contribution in [1.29, 1.82) is 0 Å². The summed E-state index contributed by atoms with van der Waals surface area (Å²) in [6, 6.07) is 21.8. The van der Waals surface area contributed by atoms with Crippen molar-refractivity contribution in [3.8, 4) is 0 Å². The van der Waals surface area contributed by atoms with E-state index in [-0.39, 0.29) is 35.8 Å². The molecule has 0 saturated heterocycles. The minimum atomic E-state index is -2.26. The first-order valence-corrected chi connectivity index (χ1v) is 22.5. The number of rotatable bonds is 23. The zero-order valence-corrected chi connectivity index (χ0v) is 38.3. The molecule has 0 bridgehead atoms. The topological polar surface area (TPSA) is 240 Å². The Hall–Kier alpha value is -5.70. The molecule has 2 amide bonds. The molecule has 16 nitrogen and oxygen atoms in total. The Morgan fingerprint density at radius 2 is 0.941 bits per heavy atom. The van der Waals surface area contributed by atoms with Gasteiger partial charge >= 0.3 is 11.9 Å². The third-order valence-corrected chi connectivity index (χ3v) is 12.1. The van der Waals surface area contributed by atoms with E-state index in [1.54, 1.807) is 76.2 Å². The maximum atomic E-state index is 15.0. The van der Waals surface area contributed by atoms with Crippen LogP contribution in [0.5, 0.6) is 0 Å². The maximum absolute atomic E-state index is 15.0. The molecule has 0 saturated carbocycles. The number of amides is 2. The number of hydrogen-bond donors (Lipinski definition) is 6. The molecule has 0 radical (unpaired) electrons. The van der Waals surface area contributed by atoms with Crippen molar-refractivity contribution < 1.29 is 66.6 Å². The van der Waals surface area contributed by atoms with Crippen LogP contribution >= 0.6 is 0 Å². The monoisotopic (exact) mass is 946 g/mol. The Labute approximate surface area is 393 Å². The van der Waals surface area contributed by atoms with E-state index in [2.05, 4.69) is 10.6 Å². The predicted molar refractivity (Wildman–Crippen MR) is 241 cm³/mol. The smallest absolute Gasteiger partial charge is 0.325 e. The van der Waals surface area contributed by atoms with E-state index in [1.165, 1.54) is 36.4 Å². The lowest BCUT2D eigenvalue weighted by Gasteiger charge is -2.33. The van der Waals surface area contributed by atoms with Gasteiger partial charge in [0, 0.05) is 24.0 Å². The number of halogens is 2. The van der Waals surface area contributed by atoms with Crippen molar-refractivity contribution in [3.05, 3.63) is 142 Å². The molecule has 4 aromatic carbocycles. The molecule has 0 unspecified atom stereocenters. The summed E-state index contributed by atoms with van der Waals surface area (Å²) >= 11 is 0. The summed E-state index contributed by atoms with van der Waals surface area (Å²) in [7, 11) is 0. The molecule has 0 aromatic heterocycles. The van der Waals surface area contributed by atoms with Gasteiger partial charge in [-0.25, -0.2) is 8.78 Å². The summed E-state index contributed by atoms with van der Waals surface area (Å²) in [4.78, 5) is 54.1. The summed E-state index contributed by atoms with van der Waals surface area (Å²) < 4.78 is 64.3. The maximum Gasteiger partial charge on any atom is 0.325 e. The Morgan fingerprint density at radius 1 is 0.588 bits per heavy atom. The zero-order chi connectivity index (χ0) is 49.1. The van der Waals surface area contributed by atoms with Crippen LogP contribution in [0.1, 0.15) is 73.2 Å². The van der Waals surface area contributed by atoms with Crippen molar-refractivity contribution in [3.63, 3.8) is 0 Å². The van der Waals surface area contributed by atoms with Gasteiger partial charge in [-0.15, -0.1) is 0 Å². The summed E-state index contributed by atoms with van der Waals surface area (Å²) in [6.45, 7) is 4.92. The van der Waals surface area contributed by atoms with E-state index in [0.29, 0.717) is 11.1 Å². The largest absolute Gasteiger partial charge is 0.437 e. The highest BCUT2D eigenvalue weighted by molar-refractivity contribution is 5.84. The van der Waals surface area contributed by atoms with Gasteiger partial charge in [0.15, 0.2) is 25.8 Å². The summed E-state index contributed by atoms with van der Waals surface area (Å²) in [6.07, 6.45) is -9.62. The van der Waals surface area contributed by atoms with Crippen LogP contribution in [-0.2, 0) is 73.7 Å². The highest BCUT2D eigenvalue weighted by Gasteiger charge is 2.45. The minimum absolute atomic E-state index is 0.00809. The van der Waals surface area contributed by atoms with Crippen molar-refractivity contribution in [2.75, 3.05) is 13.6 Å². The van der Waals surface area contributed by atoms with Crippen LogP contribution in [0.3, 0.4) is 0 Å². The van der Waals surface area contributed by atoms with E-state index < -0.39 is 123 Å². The van der Waals surface area contributed by atoms with Gasteiger partial charge in [0.05, 0.1) is 37.5 Å². The molecule has 366 valence electrons. The molecular formula is C50H60F2N4O12. The third kappa shape index (κ3) is 12.9. The van der Waals surface area contributed by atoms with Crippen LogP contribution in [0, 0.1) is 23.5 Å². The number of aliphatic hydroxyl groups excluding tert-OH is 2. The number of esters is 2. The molecule has 0 aliphatic heterocycles. The number of carbonyl (C=O) groups is 4. The van der Waals surface area contributed by atoms with Crippen molar-refractivity contribution >= 4 is 23.8 Å². The Balaban J connectivity index is 1.27. The number of nitrogens with two attached hydrogens (primary N) is 2. The first kappa shape index (κ1) is 51.7. The van der Waals surface area contributed by atoms with Gasteiger partial charge in [-0.05, 0) is 46.2 Å². The molecule has 2 aliphatic carbocycles. The average molecular weight is 947 g/mol. The first-order valence-electron chi connectivity index (χ1n) is 22.5.